The van der Waals surface area contributed by atoms with Crippen LogP contribution in [0.3, 0.4) is 0 Å². The van der Waals surface area contributed by atoms with Crippen molar-refractivity contribution in [2.75, 3.05) is 18.5 Å². The van der Waals surface area contributed by atoms with Crippen LogP contribution >= 0.6 is 7.75 Å². The first-order valence-corrected chi connectivity index (χ1v) is 13.2. The van der Waals surface area contributed by atoms with E-state index in [-0.39, 0.29) is 37.0 Å². The number of nitrogens with two attached hydrogens (primary N) is 1. The zero-order valence-corrected chi connectivity index (χ0v) is 21.5. The van der Waals surface area contributed by atoms with Crippen LogP contribution in [0.1, 0.15) is 31.3 Å². The molecule has 2 heterocycles. The van der Waals surface area contributed by atoms with Crippen LogP contribution in [0.15, 0.2) is 53.8 Å². The first kappa shape index (κ1) is 27.4. The molecular weight excluding hydrogens is 515 g/mol. The summed E-state index contributed by atoms with van der Waals surface area (Å²) in [5, 5.41) is 26.4. The molecule has 2 aliphatic rings. The number of esters is 1. The fourth-order valence-corrected chi connectivity index (χ4v) is 5.76. The number of hydrogen-bond donors (Lipinski definition) is 5. The number of para-hydroxylation sites is 1. The number of guanidine groups is 1. The van der Waals surface area contributed by atoms with E-state index in [2.05, 4.69) is 32.9 Å². The van der Waals surface area contributed by atoms with E-state index < -0.39 is 44.0 Å². The van der Waals surface area contributed by atoms with Crippen molar-refractivity contribution in [1.29, 1.82) is 0 Å². The molecule has 0 saturated heterocycles. The topological polar surface area (TPSA) is 183 Å². The van der Waals surface area contributed by atoms with E-state index in [4.69, 9.17) is 25.9 Å². The Balaban J connectivity index is 1.49. The molecule has 1 saturated carbocycles. The molecule has 1 aliphatic carbocycles. The second-order valence-electron chi connectivity index (χ2n) is 8.76. The van der Waals surface area contributed by atoms with Gasteiger partial charge in [0.1, 0.15) is 23.3 Å². The Hall–Kier alpha value is -3.66. The fourth-order valence-electron chi connectivity index (χ4n) is 4.24. The molecule has 1 aromatic heterocycles. The molecule has 0 bridgehead atoms. The molecule has 14 heteroatoms. The molecule has 1 aliphatic heterocycles. The summed E-state index contributed by atoms with van der Waals surface area (Å²) in [5.74, 6) is 1.51. The highest BCUT2D eigenvalue weighted by Crippen LogP contribution is 2.48. The number of rotatable bonds is 10. The molecule has 202 valence electrons. The van der Waals surface area contributed by atoms with Crippen LogP contribution in [0.5, 0.6) is 5.75 Å². The minimum atomic E-state index is -4.16. The van der Waals surface area contributed by atoms with Gasteiger partial charge in [-0.15, -0.1) is 6.42 Å². The predicted molar refractivity (Wildman–Crippen MR) is 138 cm³/mol. The molecule has 13 nitrogen and oxygen atoms in total. The second kappa shape index (κ2) is 11.4. The largest absolute Gasteiger partial charge is 0.459 e. The van der Waals surface area contributed by atoms with E-state index in [0.717, 1.165) is 0 Å². The third-order valence-electron chi connectivity index (χ3n) is 6.14. The van der Waals surface area contributed by atoms with Crippen LogP contribution in [-0.4, -0.2) is 57.1 Å². The summed E-state index contributed by atoms with van der Waals surface area (Å²) in [7, 11) is -4.16. The van der Waals surface area contributed by atoms with Crippen molar-refractivity contribution in [3.8, 4) is 18.1 Å². The number of carbonyl (C=O) groups is 1. The summed E-state index contributed by atoms with van der Waals surface area (Å²) >= 11 is 0. The van der Waals surface area contributed by atoms with Gasteiger partial charge in [0.2, 0.25) is 0 Å². The zero-order chi connectivity index (χ0) is 27.4. The number of ether oxygens (including phenoxy) is 1. The first-order valence-electron chi connectivity index (χ1n) is 11.7. The number of hydrogen-bond acceptors (Lipinski definition) is 11. The van der Waals surface area contributed by atoms with Crippen molar-refractivity contribution in [3.63, 3.8) is 0 Å². The maximum absolute atomic E-state index is 13.7. The number of benzene rings is 1. The highest BCUT2D eigenvalue weighted by Gasteiger charge is 2.42. The van der Waals surface area contributed by atoms with Gasteiger partial charge < -0.3 is 35.1 Å². The molecule has 6 atom stereocenters. The highest BCUT2D eigenvalue weighted by atomic mass is 31.2. The molecule has 1 aromatic carbocycles. The lowest BCUT2D eigenvalue weighted by Crippen LogP contribution is -2.35. The van der Waals surface area contributed by atoms with Crippen molar-refractivity contribution in [3.05, 3.63) is 54.5 Å². The van der Waals surface area contributed by atoms with Gasteiger partial charge in [-0.2, -0.15) is 5.09 Å². The Morgan fingerprint density at radius 1 is 1.42 bits per heavy atom. The zero-order valence-electron chi connectivity index (χ0n) is 20.6. The minimum Gasteiger partial charge on any atom is -0.451 e. The Morgan fingerprint density at radius 2 is 2.16 bits per heavy atom. The van der Waals surface area contributed by atoms with Gasteiger partial charge in [0.25, 0.3) is 0 Å². The number of terminal acetylenes is 1. The van der Waals surface area contributed by atoms with Crippen LogP contribution in [0.25, 0.3) is 0 Å². The standard InChI is InChI=1S/C24H29N6O7P/c1-4-10-35-23(33)15(3)29-38(34,37-16-8-6-5-7-9-16)36-12-17-14(2)18(11-19(17)31)30-13-26-20-21(30)27-24(25)28-22(20)32/h1,5-9,13,15,17-19,22,31-32H,2,10-12H2,3H3,(H,29,34)(H3,25,27,28)/t15-,17-,18-,19-,22?,38-/m0/s1. The van der Waals surface area contributed by atoms with Crippen LogP contribution in [0, 0.1) is 18.3 Å². The summed E-state index contributed by atoms with van der Waals surface area (Å²) < 4.78 is 31.7. The van der Waals surface area contributed by atoms with Crippen LogP contribution in [0.2, 0.25) is 0 Å². The van der Waals surface area contributed by atoms with Gasteiger partial charge in [0, 0.05) is 5.92 Å². The lowest BCUT2D eigenvalue weighted by atomic mass is 10.0. The van der Waals surface area contributed by atoms with E-state index in [1.807, 2.05) is 0 Å². The molecule has 1 fully saturated rings. The molecule has 0 spiro atoms. The molecular formula is C24H29N6O7P. The second-order valence-corrected chi connectivity index (χ2v) is 10.5. The van der Waals surface area contributed by atoms with E-state index in [9.17, 15) is 19.6 Å². The number of aromatic nitrogens is 2. The van der Waals surface area contributed by atoms with Gasteiger partial charge in [-0.25, -0.2) is 14.5 Å². The predicted octanol–water partition coefficient (Wildman–Crippen LogP) is 1.45. The Morgan fingerprint density at radius 3 is 2.87 bits per heavy atom. The molecule has 38 heavy (non-hydrogen) atoms. The number of nitrogens with one attached hydrogen (secondary N) is 2. The van der Waals surface area contributed by atoms with Crippen molar-refractivity contribution >= 4 is 25.5 Å². The SMILES string of the molecule is C#CCOC(=O)[C@H](C)N[P@](=O)(OC[C@H]1C(=C)[C@@H](n2cnc3c2NC(N)=NC3O)C[C@@H]1O)Oc1ccccc1. The van der Waals surface area contributed by atoms with Crippen molar-refractivity contribution < 1.29 is 33.4 Å². The minimum absolute atomic E-state index is 0.0238. The van der Waals surface area contributed by atoms with Gasteiger partial charge >= 0.3 is 13.7 Å². The molecule has 0 amide bonds. The van der Waals surface area contributed by atoms with Crippen LogP contribution in [-0.2, 0) is 18.6 Å². The van der Waals surface area contributed by atoms with E-state index in [0.29, 0.717) is 11.4 Å². The van der Waals surface area contributed by atoms with Gasteiger partial charge in [-0.3, -0.25) is 9.32 Å². The number of imidazole rings is 1. The molecule has 6 N–H and O–H groups in total. The smallest absolute Gasteiger partial charge is 0.451 e. The summed E-state index contributed by atoms with van der Waals surface area (Å²) in [4.78, 5) is 20.3. The van der Waals surface area contributed by atoms with Gasteiger partial charge in [0.15, 0.2) is 18.8 Å². The van der Waals surface area contributed by atoms with Crippen LogP contribution in [0.4, 0.5) is 5.82 Å². The summed E-state index contributed by atoms with van der Waals surface area (Å²) in [6.07, 6.45) is 4.75. The maximum Gasteiger partial charge on any atom is 0.459 e. The van der Waals surface area contributed by atoms with Crippen molar-refractivity contribution in [2.45, 2.75) is 37.8 Å². The highest BCUT2D eigenvalue weighted by molar-refractivity contribution is 7.52. The molecule has 4 rings (SSSR count). The van der Waals surface area contributed by atoms with E-state index >= 15 is 0 Å². The summed E-state index contributed by atoms with van der Waals surface area (Å²) in [6.45, 7) is 5.08. The Bertz CT molecular complexity index is 1310. The summed E-state index contributed by atoms with van der Waals surface area (Å²) in [6, 6.07) is 6.78. The van der Waals surface area contributed by atoms with Gasteiger partial charge in [0.05, 0.1) is 25.1 Å². The van der Waals surface area contributed by atoms with Crippen LogP contribution < -0.4 is 20.7 Å². The number of carbonyl (C=O) groups excluding carboxylic acids is 1. The number of aliphatic imine (C=N–C) groups is 1. The lowest BCUT2D eigenvalue weighted by Gasteiger charge is -2.25. The van der Waals surface area contributed by atoms with Gasteiger partial charge in [-0.05, 0) is 31.1 Å². The third-order valence-corrected chi connectivity index (χ3v) is 7.78. The van der Waals surface area contributed by atoms with Gasteiger partial charge in [-0.1, -0.05) is 30.7 Å². The fraction of sp³-hybridized carbons (Fsp3) is 0.375. The molecule has 1 unspecified atom stereocenters. The average Bonchev–Trinajstić information content (AvgIpc) is 3.41. The van der Waals surface area contributed by atoms with E-state index in [1.165, 1.54) is 13.3 Å². The summed E-state index contributed by atoms with van der Waals surface area (Å²) in [5.41, 5.74) is 6.61. The maximum atomic E-state index is 13.7. The number of fused-ring (bicyclic) bond motifs is 1. The first-order chi connectivity index (χ1) is 18.1. The molecule has 2 aromatic rings. The number of anilines is 1. The monoisotopic (exact) mass is 544 g/mol. The van der Waals surface area contributed by atoms with E-state index in [1.54, 1.807) is 34.9 Å². The van der Waals surface area contributed by atoms with Crippen molar-refractivity contribution in [1.82, 2.24) is 14.6 Å². The number of nitrogens with zero attached hydrogens (tertiary/aromatic N) is 3. The Labute approximate surface area is 219 Å². The normalized spacial score (nSPS) is 24.8. The lowest BCUT2D eigenvalue weighted by molar-refractivity contribution is -0.143. The third kappa shape index (κ3) is 5.91. The number of aliphatic hydroxyl groups excluding tert-OH is 2. The average molecular weight is 545 g/mol. The molecule has 0 radical (unpaired) electrons. The Kier molecular flexibility index (Phi) is 8.20. The van der Waals surface area contributed by atoms with Crippen molar-refractivity contribution in [2.24, 2.45) is 16.6 Å². The number of aliphatic hydroxyl groups is 2. The quantitative estimate of drug-likeness (QED) is 0.126.